The van der Waals surface area contributed by atoms with Gasteiger partial charge in [0.2, 0.25) is 0 Å². The fourth-order valence-corrected chi connectivity index (χ4v) is 1.80. The van der Waals surface area contributed by atoms with Gasteiger partial charge in [-0.3, -0.25) is 7.06 Å². The minimum absolute atomic E-state index is 0.426. The lowest BCUT2D eigenvalue weighted by Gasteiger charge is -2.36. The van der Waals surface area contributed by atoms with Gasteiger partial charge in [0, 0.05) is 0 Å². The fourth-order valence-electron chi connectivity index (χ4n) is 1.80. The molecule has 0 spiro atoms. The van der Waals surface area contributed by atoms with Crippen molar-refractivity contribution in [2.24, 2.45) is 0 Å². The second-order valence-corrected chi connectivity index (χ2v) is 4.43. The molecule has 21 radical (unpaired) electrons. The van der Waals surface area contributed by atoms with E-state index in [9.17, 15) is 0 Å². The van der Waals surface area contributed by atoms with E-state index in [1.165, 1.54) is 7.06 Å². The standard InChI is InChI=1S/B18/c1-10-16(12(2)3)18(15(8)9)11-17(13(4)5)14(6)7/q-1. The maximum absolute atomic E-state index is 5.70. The summed E-state index contributed by atoms with van der Waals surface area (Å²) >= 11 is 0. The zero-order valence-electron chi connectivity index (χ0n) is 10.4. The molecule has 18 heavy (non-hydrogen) atoms. The summed E-state index contributed by atoms with van der Waals surface area (Å²) in [6.07, 6.45) is -4.25. The van der Waals surface area contributed by atoms with Crippen LogP contribution in [0.15, 0.2) is 0 Å². The smallest absolute Gasteiger partial charge is 0.0000000000474 e. The van der Waals surface area contributed by atoms with Gasteiger partial charge in [-0.05, 0) is 114 Å². The molecule has 0 aliphatic heterocycles. The van der Waals surface area contributed by atoms with Gasteiger partial charge in [0.15, 0.2) is 0 Å². The van der Waals surface area contributed by atoms with Gasteiger partial charge in [0.05, 0.1) is 0 Å². The van der Waals surface area contributed by atoms with Crippen LogP contribution in [0.5, 0.6) is 0 Å². The van der Waals surface area contributed by atoms with Crippen LogP contribution in [0.25, 0.3) is 0 Å². The van der Waals surface area contributed by atoms with E-state index < -0.39 is 44.7 Å². The molecule has 0 unspecified atom stereocenters. The Morgan fingerprint density at radius 1 is 0.556 bits per heavy atom. The van der Waals surface area contributed by atoms with Crippen LogP contribution < -0.4 is 0 Å². The minimum Gasteiger partial charge on any atom is -0.690 e. The first-order valence-corrected chi connectivity index (χ1v) is 5.67. The summed E-state index contributed by atoms with van der Waals surface area (Å²) in [5.41, 5.74) is 0. The number of hydrogen-bond acceptors (Lipinski definition) is 0. The topological polar surface area (TPSA) is 0 Å². The molecule has 0 aromatic carbocycles. The van der Waals surface area contributed by atoms with Crippen LogP contribution in [0.2, 0.25) is 0 Å². The molecule has 0 saturated carbocycles. The van der Waals surface area contributed by atoms with E-state index in [4.69, 9.17) is 69.6 Å². The zero-order chi connectivity index (χ0) is 14.5. The van der Waals surface area contributed by atoms with Crippen molar-refractivity contribution in [3.8, 4) is 0 Å². The first-order valence-electron chi connectivity index (χ1n) is 5.67. The van der Waals surface area contributed by atoms with E-state index in [1.54, 1.807) is 7.06 Å². The Morgan fingerprint density at radius 3 is 1.11 bits per heavy atom. The average molecular weight is 195 g/mol. The van der Waals surface area contributed by atoms with E-state index in [1.807, 2.05) is 0 Å². The van der Waals surface area contributed by atoms with E-state index in [0.717, 1.165) is 0 Å². The predicted molar refractivity (Wildman–Crippen MR) is 104 cm³/mol. The SMILES string of the molecule is [B]B([B])B([B]B(B([B])[B])B([B][B-])B([B])[B])B([B])[B]. The molecule has 0 nitrogen and oxygen atoms in total. The fraction of sp³-hybridized carbons (Fsp3) is 0. The molecule has 0 fully saturated rings. The Bertz CT molecular complexity index is 192. The van der Waals surface area contributed by atoms with Crippen molar-refractivity contribution >= 4 is 128 Å². The molecular weight excluding hydrogens is 195 g/mol. The molecule has 55 valence electrons. The summed E-state index contributed by atoms with van der Waals surface area (Å²) in [6, 6.07) is 0. The average Bonchev–Trinajstić information content (AvgIpc) is 2.21. The molecule has 0 aromatic heterocycles. The highest BCUT2D eigenvalue weighted by Crippen LogP contribution is 1.96. The lowest BCUT2D eigenvalue weighted by molar-refractivity contribution is 3.42. The summed E-state index contributed by atoms with van der Waals surface area (Å²) in [5, 5.41) is 0. The second-order valence-electron chi connectivity index (χ2n) is 4.43. The van der Waals surface area contributed by atoms with E-state index >= 15 is 0 Å². The van der Waals surface area contributed by atoms with Gasteiger partial charge in [-0.25, -0.2) is 0 Å². The highest BCUT2D eigenvalue weighted by molar-refractivity contribution is 8.10. The molecule has 0 aliphatic rings. The van der Waals surface area contributed by atoms with E-state index in [0.29, 0.717) is 0 Å². The summed E-state index contributed by atoms with van der Waals surface area (Å²) in [6.45, 7) is 0. The first-order chi connectivity index (χ1) is 8.22. The maximum Gasteiger partial charge on any atom is -0.0000000000474 e. The molecule has 0 N–H and O–H groups in total. The third-order valence-electron chi connectivity index (χ3n) is 2.89. The van der Waals surface area contributed by atoms with Crippen LogP contribution in [0, 0.1) is 0 Å². The Balaban J connectivity index is 4.89. The summed E-state index contributed by atoms with van der Waals surface area (Å²) in [5.74, 6) is 0. The Labute approximate surface area is 128 Å². The normalized spacial score (nSPS) is 8.94. The van der Waals surface area contributed by atoms with Gasteiger partial charge in [-0.1, -0.05) is 0 Å². The van der Waals surface area contributed by atoms with Crippen molar-refractivity contribution < 1.29 is 0 Å². The molecule has 0 heterocycles. The second kappa shape index (κ2) is 9.17. The van der Waals surface area contributed by atoms with Crippen molar-refractivity contribution in [1.82, 2.24) is 0 Å². The molecule has 0 rings (SSSR count). The molecule has 0 aromatic rings. The van der Waals surface area contributed by atoms with Crippen molar-refractivity contribution in [1.29, 1.82) is 0 Å². The van der Waals surface area contributed by atoms with Crippen LogP contribution in [-0.4, -0.2) is 128 Å². The molecule has 0 aliphatic carbocycles. The summed E-state index contributed by atoms with van der Waals surface area (Å²) in [7, 11) is 53.6. The van der Waals surface area contributed by atoms with E-state index in [2.05, 4.69) is 0 Å². The van der Waals surface area contributed by atoms with Crippen molar-refractivity contribution in [2.75, 3.05) is 0 Å². The lowest BCUT2D eigenvalue weighted by atomic mass is 8.48. The van der Waals surface area contributed by atoms with Crippen LogP contribution in [0.4, 0.5) is 0 Å². The Morgan fingerprint density at radius 2 is 0.889 bits per heavy atom. The van der Waals surface area contributed by atoms with Crippen molar-refractivity contribution in [2.45, 2.75) is 0 Å². The highest BCUT2D eigenvalue weighted by Gasteiger charge is 2.32. The van der Waals surface area contributed by atoms with Crippen LogP contribution >= 0.6 is 0 Å². The molecular formula is B18-. The van der Waals surface area contributed by atoms with Gasteiger partial charge in [0.25, 0.3) is 0 Å². The van der Waals surface area contributed by atoms with Crippen molar-refractivity contribution in [3.05, 3.63) is 0 Å². The predicted octanol–water partition coefficient (Wildman–Crippen LogP) is -6.85. The van der Waals surface area contributed by atoms with Crippen LogP contribution in [0.3, 0.4) is 0 Å². The van der Waals surface area contributed by atoms with Crippen molar-refractivity contribution in [3.63, 3.8) is 0 Å². The zero-order valence-corrected chi connectivity index (χ0v) is 10.4. The largest absolute Gasteiger partial charge is 0.690 e. The Kier molecular flexibility index (Phi) is 9.76. The third kappa shape index (κ3) is 6.08. The lowest BCUT2D eigenvalue weighted by Crippen LogP contribution is -2.71. The highest BCUT2D eigenvalue weighted by atomic mass is 13.2. The Hall–Kier alpha value is 1.17. The molecule has 18 heteroatoms. The maximum atomic E-state index is 5.70. The summed E-state index contributed by atoms with van der Waals surface area (Å²) < 4.78 is 0. The minimum atomic E-state index is -0.737. The number of rotatable bonds is 8. The molecule has 0 bridgehead atoms. The molecule has 0 atom stereocenters. The van der Waals surface area contributed by atoms with Crippen LogP contribution in [-0.2, 0) is 0 Å². The van der Waals surface area contributed by atoms with Crippen LogP contribution in [0.1, 0.15) is 0 Å². The molecule has 0 saturated heterocycles. The van der Waals surface area contributed by atoms with Gasteiger partial charge in [-0.2, -0.15) is 0 Å². The van der Waals surface area contributed by atoms with Gasteiger partial charge >= 0.3 is 0 Å². The summed E-state index contributed by atoms with van der Waals surface area (Å²) in [4.78, 5) is 0. The third-order valence-corrected chi connectivity index (χ3v) is 2.89. The van der Waals surface area contributed by atoms with Gasteiger partial charge in [0.1, 0.15) is 0 Å². The quantitative estimate of drug-likeness (QED) is 0.337. The monoisotopic (exact) mass is 198 g/mol. The molecule has 0 amide bonds. The van der Waals surface area contributed by atoms with Gasteiger partial charge < -0.3 is 7.74 Å². The van der Waals surface area contributed by atoms with E-state index in [-0.39, 0.29) is 0 Å². The number of hydrogen-bond donors (Lipinski definition) is 0. The van der Waals surface area contributed by atoms with Gasteiger partial charge in [-0.15, -0.1) is 0 Å². The first kappa shape index (κ1) is 19.2.